The second-order valence-corrected chi connectivity index (χ2v) is 7.22. The number of hydrogen-bond donors (Lipinski definition) is 0. The van der Waals surface area contributed by atoms with Crippen LogP contribution in [0.5, 0.6) is 0 Å². The molecule has 0 aromatic heterocycles. The van der Waals surface area contributed by atoms with Crippen molar-refractivity contribution in [2.24, 2.45) is 5.92 Å². The van der Waals surface area contributed by atoms with E-state index in [1.807, 2.05) is 6.07 Å². The number of carbonyl (C=O) groups excluding carboxylic acids is 1. The topological polar surface area (TPSA) is 26.3 Å². The van der Waals surface area contributed by atoms with Crippen LogP contribution >= 0.6 is 0 Å². The van der Waals surface area contributed by atoms with Crippen LogP contribution in [0.2, 0.25) is 4.82 Å². The molecule has 3 heteroatoms. The van der Waals surface area contributed by atoms with Gasteiger partial charge < -0.3 is 0 Å². The first-order valence-corrected chi connectivity index (χ1v) is 7.59. The zero-order chi connectivity index (χ0) is 11.0. The number of carbonyl (C=O) groups is 1. The molecule has 2 fully saturated rings. The molecule has 0 unspecified atom stereocenters. The third-order valence-electron chi connectivity index (χ3n) is 3.38. The molecule has 16 heavy (non-hydrogen) atoms. The summed E-state index contributed by atoms with van der Waals surface area (Å²) in [6.07, 6.45) is 3.30. The molecule has 0 spiro atoms. The van der Waals surface area contributed by atoms with Gasteiger partial charge >= 0.3 is 101 Å². The summed E-state index contributed by atoms with van der Waals surface area (Å²) < 4.78 is 6.87. The molecule has 1 aliphatic heterocycles. The molecule has 0 radical (unpaired) electrons. The van der Waals surface area contributed by atoms with Crippen LogP contribution in [0.25, 0.3) is 0 Å². The Labute approximate surface area is 102 Å². The van der Waals surface area contributed by atoms with Crippen molar-refractivity contribution in [3.8, 4) is 0 Å². The number of fused-ring (bicyclic) bond motifs is 1. The molecular weight excluding hydrogens is 267 g/mol. The van der Waals surface area contributed by atoms with E-state index in [9.17, 15) is 4.79 Å². The van der Waals surface area contributed by atoms with E-state index in [2.05, 4.69) is 24.3 Å². The predicted molar refractivity (Wildman–Crippen MR) is 62.8 cm³/mol. The average molecular weight is 281 g/mol. The number of ether oxygens (including phenoxy) is 1. The molecular formula is C13H14O2Se. The number of esters is 1. The molecule has 3 rings (SSSR count). The van der Waals surface area contributed by atoms with Crippen LogP contribution in [0.1, 0.15) is 19.3 Å². The molecule has 1 aromatic carbocycles. The van der Waals surface area contributed by atoms with E-state index in [0.29, 0.717) is 32.1 Å². The van der Waals surface area contributed by atoms with Gasteiger partial charge in [-0.3, -0.25) is 0 Å². The fraction of sp³-hybridized carbons (Fsp3) is 0.462. The van der Waals surface area contributed by atoms with Crippen molar-refractivity contribution < 1.29 is 9.53 Å². The summed E-state index contributed by atoms with van der Waals surface area (Å²) in [6.45, 7) is 0. The maximum atomic E-state index is 11.2. The Balaban J connectivity index is 1.70. The first-order chi connectivity index (χ1) is 7.83. The van der Waals surface area contributed by atoms with Gasteiger partial charge in [0.15, 0.2) is 0 Å². The van der Waals surface area contributed by atoms with E-state index in [1.165, 1.54) is 17.3 Å². The van der Waals surface area contributed by atoms with Crippen LogP contribution in [-0.2, 0) is 9.53 Å². The van der Waals surface area contributed by atoms with Gasteiger partial charge in [0, 0.05) is 0 Å². The first kappa shape index (κ1) is 10.4. The zero-order valence-corrected chi connectivity index (χ0v) is 10.7. The van der Waals surface area contributed by atoms with Crippen molar-refractivity contribution in [1.29, 1.82) is 0 Å². The average Bonchev–Trinajstić information content (AvgIpc) is 2.81. The monoisotopic (exact) mass is 282 g/mol. The third kappa shape index (κ3) is 1.90. The van der Waals surface area contributed by atoms with E-state index in [0.717, 1.165) is 0 Å². The molecule has 2 nitrogen and oxygen atoms in total. The van der Waals surface area contributed by atoms with Gasteiger partial charge in [0.1, 0.15) is 0 Å². The summed E-state index contributed by atoms with van der Waals surface area (Å²) in [7, 11) is 0. The van der Waals surface area contributed by atoms with Gasteiger partial charge in [-0.05, 0) is 0 Å². The van der Waals surface area contributed by atoms with Crippen LogP contribution < -0.4 is 4.46 Å². The maximum absolute atomic E-state index is 11.2. The van der Waals surface area contributed by atoms with Crippen molar-refractivity contribution in [2.45, 2.75) is 30.2 Å². The summed E-state index contributed by atoms with van der Waals surface area (Å²) in [4.78, 5) is 11.8. The summed E-state index contributed by atoms with van der Waals surface area (Å²) in [5.41, 5.74) is 0. The second kappa shape index (κ2) is 4.23. The molecule has 1 saturated carbocycles. The van der Waals surface area contributed by atoms with Gasteiger partial charge in [-0.15, -0.1) is 0 Å². The van der Waals surface area contributed by atoms with Crippen molar-refractivity contribution in [3.05, 3.63) is 30.3 Å². The van der Waals surface area contributed by atoms with Crippen LogP contribution in [-0.4, -0.2) is 27.0 Å². The first-order valence-electron chi connectivity index (χ1n) is 5.74. The number of rotatable bonds is 2. The van der Waals surface area contributed by atoms with E-state index in [-0.39, 0.29) is 12.1 Å². The third-order valence-corrected chi connectivity index (χ3v) is 6.21. The standard InChI is InChI=1S/C13H14O2Se/c14-12-8-9-6-7-11(13(9)15-12)16-10-4-2-1-3-5-10/h1-5,9,11,13H,6-8H2/t9-,11+,13+/m0/s1. The molecule has 1 saturated heterocycles. The number of benzene rings is 1. The van der Waals surface area contributed by atoms with Gasteiger partial charge in [0.25, 0.3) is 0 Å². The second-order valence-electron chi connectivity index (χ2n) is 4.47. The molecule has 0 bridgehead atoms. The molecule has 84 valence electrons. The van der Waals surface area contributed by atoms with E-state index < -0.39 is 0 Å². The van der Waals surface area contributed by atoms with Crippen molar-refractivity contribution in [1.82, 2.24) is 0 Å². The van der Waals surface area contributed by atoms with E-state index in [4.69, 9.17) is 4.74 Å². The van der Waals surface area contributed by atoms with E-state index >= 15 is 0 Å². The number of hydrogen-bond acceptors (Lipinski definition) is 2. The van der Waals surface area contributed by atoms with Crippen molar-refractivity contribution >= 4 is 25.4 Å². The molecule has 0 N–H and O–H groups in total. The Kier molecular flexibility index (Phi) is 2.74. The SMILES string of the molecule is O=C1C[C@@H]2CC[C@@H]([Se]c3ccccc3)[C@@H]2O1. The molecule has 1 heterocycles. The van der Waals surface area contributed by atoms with Crippen molar-refractivity contribution in [2.75, 3.05) is 0 Å². The minimum absolute atomic E-state index is 0.0172. The van der Waals surface area contributed by atoms with Crippen LogP contribution in [0, 0.1) is 5.92 Å². The van der Waals surface area contributed by atoms with Gasteiger partial charge in [-0.25, -0.2) is 0 Å². The quantitative estimate of drug-likeness (QED) is 0.607. The summed E-state index contributed by atoms with van der Waals surface area (Å²) in [5, 5.41) is 0. The molecule has 1 aromatic rings. The Morgan fingerprint density at radius 2 is 2.00 bits per heavy atom. The van der Waals surface area contributed by atoms with Gasteiger partial charge in [0.05, 0.1) is 0 Å². The Bertz CT molecular complexity index is 390. The van der Waals surface area contributed by atoms with Gasteiger partial charge in [-0.1, -0.05) is 0 Å². The summed E-state index contributed by atoms with van der Waals surface area (Å²) >= 11 is 0.450. The van der Waals surface area contributed by atoms with Crippen LogP contribution in [0.4, 0.5) is 0 Å². The fourth-order valence-corrected chi connectivity index (χ4v) is 5.40. The molecule has 1 aliphatic carbocycles. The Morgan fingerprint density at radius 1 is 1.19 bits per heavy atom. The summed E-state index contributed by atoms with van der Waals surface area (Å²) in [6, 6.07) is 10.6. The van der Waals surface area contributed by atoms with Crippen LogP contribution in [0.3, 0.4) is 0 Å². The van der Waals surface area contributed by atoms with Gasteiger partial charge in [-0.2, -0.15) is 0 Å². The van der Waals surface area contributed by atoms with E-state index in [1.54, 1.807) is 0 Å². The van der Waals surface area contributed by atoms with Gasteiger partial charge in [0.2, 0.25) is 0 Å². The molecule has 3 atom stereocenters. The van der Waals surface area contributed by atoms with Crippen molar-refractivity contribution in [3.63, 3.8) is 0 Å². The van der Waals surface area contributed by atoms with Crippen LogP contribution in [0.15, 0.2) is 30.3 Å². The Hall–Kier alpha value is -0.791. The molecule has 2 aliphatic rings. The fourth-order valence-electron chi connectivity index (χ4n) is 2.61. The minimum atomic E-state index is 0.0172. The zero-order valence-electron chi connectivity index (χ0n) is 8.96. The molecule has 0 amide bonds. The predicted octanol–water partition coefficient (Wildman–Crippen LogP) is 1.53. The normalized spacial score (nSPS) is 32.5. The summed E-state index contributed by atoms with van der Waals surface area (Å²) in [5.74, 6) is 0.534. The Morgan fingerprint density at radius 3 is 2.81 bits per heavy atom.